The molecule has 2 aliphatic rings. The zero-order valence-electron chi connectivity index (χ0n) is 20.0. The van der Waals surface area contributed by atoms with Crippen molar-refractivity contribution >= 4 is 18.2 Å². The molecule has 36 heavy (non-hydrogen) atoms. The largest absolute Gasteiger partial charge is 0.369 e. The maximum atomic E-state index is 13.7. The normalized spacial score (nSPS) is 16.2. The monoisotopic (exact) mass is 506 g/mol. The fourth-order valence-corrected chi connectivity index (χ4v) is 5.26. The number of piperidine rings is 1. The van der Waals surface area contributed by atoms with Crippen LogP contribution in [-0.4, -0.2) is 39.2 Å². The SMILES string of the molecule is Cc1ccccc1-n1nc(-c2c(-c3ccc(F)cc3)nn3c2NCC2(CCNCC2)C3)ccc1=O.Cl. The van der Waals surface area contributed by atoms with E-state index in [1.807, 2.05) is 35.9 Å². The van der Waals surface area contributed by atoms with Crippen molar-refractivity contribution in [2.45, 2.75) is 26.3 Å². The van der Waals surface area contributed by atoms with Gasteiger partial charge >= 0.3 is 0 Å². The summed E-state index contributed by atoms with van der Waals surface area (Å²) in [5, 5.41) is 16.9. The lowest BCUT2D eigenvalue weighted by Gasteiger charge is -2.41. The molecule has 1 fully saturated rings. The highest BCUT2D eigenvalue weighted by molar-refractivity contribution is 5.87. The number of halogens is 2. The number of anilines is 1. The summed E-state index contributed by atoms with van der Waals surface area (Å²) in [5.41, 5.74) is 4.64. The summed E-state index contributed by atoms with van der Waals surface area (Å²) in [7, 11) is 0. The van der Waals surface area contributed by atoms with Gasteiger partial charge in [-0.3, -0.25) is 4.79 Å². The maximum absolute atomic E-state index is 13.7. The number of nitrogens with one attached hydrogen (secondary N) is 2. The van der Waals surface area contributed by atoms with E-state index < -0.39 is 0 Å². The van der Waals surface area contributed by atoms with Crippen molar-refractivity contribution in [3.8, 4) is 28.2 Å². The summed E-state index contributed by atoms with van der Waals surface area (Å²) in [6.07, 6.45) is 2.16. The third-order valence-corrected chi connectivity index (χ3v) is 7.25. The highest BCUT2D eigenvalue weighted by Crippen LogP contribution is 2.43. The zero-order valence-corrected chi connectivity index (χ0v) is 20.8. The summed E-state index contributed by atoms with van der Waals surface area (Å²) in [6.45, 7) is 5.62. The van der Waals surface area contributed by atoms with E-state index in [9.17, 15) is 9.18 Å². The Balaban J connectivity index is 0.00000267. The molecule has 0 radical (unpaired) electrons. The molecule has 0 amide bonds. The maximum Gasteiger partial charge on any atom is 0.271 e. The molecule has 4 aromatic rings. The van der Waals surface area contributed by atoms with Crippen molar-refractivity contribution in [1.29, 1.82) is 0 Å². The molecule has 1 spiro atoms. The van der Waals surface area contributed by atoms with E-state index in [2.05, 4.69) is 10.6 Å². The van der Waals surface area contributed by atoms with E-state index in [4.69, 9.17) is 10.2 Å². The van der Waals surface area contributed by atoms with Gasteiger partial charge in [0.15, 0.2) is 0 Å². The van der Waals surface area contributed by atoms with Crippen molar-refractivity contribution in [2.75, 3.05) is 25.0 Å². The lowest BCUT2D eigenvalue weighted by Crippen LogP contribution is -2.46. The summed E-state index contributed by atoms with van der Waals surface area (Å²) >= 11 is 0. The van der Waals surface area contributed by atoms with Gasteiger partial charge in [-0.05, 0) is 74.8 Å². The van der Waals surface area contributed by atoms with Crippen LogP contribution in [0, 0.1) is 18.2 Å². The third-order valence-electron chi connectivity index (χ3n) is 7.25. The molecule has 6 rings (SSSR count). The minimum atomic E-state index is -0.294. The predicted octanol–water partition coefficient (Wildman–Crippen LogP) is 4.43. The third kappa shape index (κ3) is 4.20. The van der Waals surface area contributed by atoms with Crippen molar-refractivity contribution in [3.05, 3.63) is 82.4 Å². The van der Waals surface area contributed by atoms with Crippen LogP contribution in [0.4, 0.5) is 10.2 Å². The Labute approximate surface area is 214 Å². The quantitative estimate of drug-likeness (QED) is 0.430. The van der Waals surface area contributed by atoms with Gasteiger partial charge in [-0.15, -0.1) is 12.4 Å². The molecule has 0 unspecified atom stereocenters. The molecule has 2 aliphatic heterocycles. The number of aromatic nitrogens is 4. The van der Waals surface area contributed by atoms with Gasteiger partial charge in [-0.25, -0.2) is 9.07 Å². The van der Waals surface area contributed by atoms with Gasteiger partial charge in [-0.1, -0.05) is 18.2 Å². The molecule has 1 saturated heterocycles. The van der Waals surface area contributed by atoms with Crippen LogP contribution in [0.15, 0.2) is 65.5 Å². The van der Waals surface area contributed by atoms with Gasteiger partial charge in [0.25, 0.3) is 5.56 Å². The second-order valence-electron chi connectivity index (χ2n) is 9.60. The number of rotatable bonds is 3. The Morgan fingerprint density at radius 2 is 1.72 bits per heavy atom. The molecular weight excluding hydrogens is 479 g/mol. The van der Waals surface area contributed by atoms with E-state index >= 15 is 0 Å². The second kappa shape index (κ2) is 9.52. The molecule has 2 N–H and O–H groups in total. The van der Waals surface area contributed by atoms with Gasteiger partial charge in [-0.2, -0.15) is 14.9 Å². The van der Waals surface area contributed by atoms with Gasteiger partial charge in [0.05, 0.1) is 23.5 Å². The Kier molecular flexibility index (Phi) is 6.40. The van der Waals surface area contributed by atoms with Crippen molar-refractivity contribution in [3.63, 3.8) is 0 Å². The van der Waals surface area contributed by atoms with Crippen LogP contribution in [0.5, 0.6) is 0 Å². The van der Waals surface area contributed by atoms with Crippen molar-refractivity contribution in [2.24, 2.45) is 5.41 Å². The van der Waals surface area contributed by atoms with E-state index in [1.54, 1.807) is 24.3 Å². The van der Waals surface area contributed by atoms with Crippen LogP contribution in [-0.2, 0) is 6.54 Å². The molecule has 186 valence electrons. The zero-order chi connectivity index (χ0) is 24.0. The van der Waals surface area contributed by atoms with Gasteiger partial charge in [0.2, 0.25) is 0 Å². The Morgan fingerprint density at radius 1 is 0.972 bits per heavy atom. The number of aryl methyl sites for hydroxylation is 1. The summed E-state index contributed by atoms with van der Waals surface area (Å²) in [6, 6.07) is 17.4. The molecule has 0 aliphatic carbocycles. The van der Waals surface area contributed by atoms with Crippen LogP contribution in [0.2, 0.25) is 0 Å². The van der Waals surface area contributed by atoms with Crippen molar-refractivity contribution < 1.29 is 4.39 Å². The molecule has 0 atom stereocenters. The molecule has 2 aromatic heterocycles. The van der Waals surface area contributed by atoms with Crippen LogP contribution in [0.3, 0.4) is 0 Å². The number of hydrogen-bond acceptors (Lipinski definition) is 5. The number of hydrogen-bond donors (Lipinski definition) is 2. The average Bonchev–Trinajstić information content (AvgIpc) is 3.24. The molecular formula is C27H28ClFN6O. The summed E-state index contributed by atoms with van der Waals surface area (Å²) in [5.74, 6) is 0.591. The molecule has 7 nitrogen and oxygen atoms in total. The minimum absolute atomic E-state index is 0. The summed E-state index contributed by atoms with van der Waals surface area (Å²) in [4.78, 5) is 12.8. The van der Waals surface area contributed by atoms with E-state index in [0.29, 0.717) is 5.69 Å². The average molecular weight is 507 g/mol. The standard InChI is InChI=1S/C27H27FN6O.ClH/c1-18-4-2-3-5-22(18)34-23(35)11-10-21(31-34)24-25(19-6-8-20(28)9-7-19)32-33-17-27(16-30-26(24)33)12-14-29-15-13-27;/h2-11,29-30H,12-17H2,1H3;1H. The predicted molar refractivity (Wildman–Crippen MR) is 141 cm³/mol. The minimum Gasteiger partial charge on any atom is -0.369 e. The van der Waals surface area contributed by atoms with Gasteiger partial charge < -0.3 is 10.6 Å². The molecule has 2 aromatic carbocycles. The highest BCUT2D eigenvalue weighted by Gasteiger charge is 2.38. The Bertz CT molecular complexity index is 1460. The smallest absolute Gasteiger partial charge is 0.271 e. The van der Waals surface area contributed by atoms with Crippen LogP contribution in [0.25, 0.3) is 28.2 Å². The first-order valence-electron chi connectivity index (χ1n) is 12.0. The molecule has 4 heterocycles. The lowest BCUT2D eigenvalue weighted by atomic mass is 9.78. The number of para-hydroxylation sites is 1. The Hall–Kier alpha value is -3.49. The Morgan fingerprint density at radius 3 is 2.47 bits per heavy atom. The first-order chi connectivity index (χ1) is 17.0. The second-order valence-corrected chi connectivity index (χ2v) is 9.60. The number of benzene rings is 2. The van der Waals surface area contributed by atoms with Gasteiger partial charge in [0.1, 0.15) is 17.3 Å². The van der Waals surface area contributed by atoms with Crippen LogP contribution in [0.1, 0.15) is 18.4 Å². The van der Waals surface area contributed by atoms with Gasteiger partial charge in [0, 0.05) is 23.6 Å². The van der Waals surface area contributed by atoms with E-state index in [1.165, 1.54) is 16.8 Å². The number of fused-ring (bicyclic) bond motifs is 1. The molecule has 0 saturated carbocycles. The van der Waals surface area contributed by atoms with E-state index in [-0.39, 0.29) is 29.2 Å². The first-order valence-corrected chi connectivity index (χ1v) is 12.0. The van der Waals surface area contributed by atoms with Crippen molar-refractivity contribution in [1.82, 2.24) is 24.9 Å². The first kappa shape index (κ1) is 24.2. The summed E-state index contributed by atoms with van der Waals surface area (Å²) < 4.78 is 17.2. The van der Waals surface area contributed by atoms with E-state index in [0.717, 1.165) is 72.9 Å². The molecule has 9 heteroatoms. The lowest BCUT2D eigenvalue weighted by molar-refractivity contribution is 0.168. The van der Waals surface area contributed by atoms with Crippen LogP contribution < -0.4 is 16.2 Å². The topological polar surface area (TPSA) is 76.8 Å². The fourth-order valence-electron chi connectivity index (χ4n) is 5.26. The highest BCUT2D eigenvalue weighted by atomic mass is 35.5. The van der Waals surface area contributed by atoms with Crippen LogP contribution >= 0.6 is 12.4 Å². The fraction of sp³-hybridized carbons (Fsp3) is 0.296. The number of nitrogens with zero attached hydrogens (tertiary/aromatic N) is 4. The molecule has 0 bridgehead atoms.